The maximum Gasteiger partial charge on any atom is 0.310 e. The maximum atomic E-state index is 11.8. The van der Waals surface area contributed by atoms with Crippen molar-refractivity contribution >= 4 is 11.9 Å². The van der Waals surface area contributed by atoms with Gasteiger partial charge in [0.05, 0.1) is 0 Å². The standard InChI is InChI=1S/C13H16N2O6/c1-3-12(16)20-11-6-4-10(5-7-11)13(17)14-8-9(2)21-15(18)19/h4-7,9H,3,8H2,1-2H3,(H,14,17). The van der Waals surface area contributed by atoms with E-state index in [0.29, 0.717) is 11.3 Å². The zero-order valence-electron chi connectivity index (χ0n) is 11.7. The molecule has 1 atom stereocenters. The molecule has 1 aromatic rings. The first-order valence-electron chi connectivity index (χ1n) is 6.32. The lowest BCUT2D eigenvalue weighted by Gasteiger charge is -2.10. The van der Waals surface area contributed by atoms with Crippen LogP contribution < -0.4 is 10.1 Å². The lowest BCUT2D eigenvalue weighted by Crippen LogP contribution is -2.33. The average Bonchev–Trinajstić information content (AvgIpc) is 2.44. The third-order valence-corrected chi connectivity index (χ3v) is 2.45. The molecule has 8 heteroatoms. The Morgan fingerprint density at radius 3 is 2.48 bits per heavy atom. The second-order valence-electron chi connectivity index (χ2n) is 4.20. The van der Waals surface area contributed by atoms with Crippen molar-refractivity contribution in [1.29, 1.82) is 0 Å². The quantitative estimate of drug-likeness (QED) is 0.352. The fourth-order valence-electron chi connectivity index (χ4n) is 1.40. The molecule has 8 nitrogen and oxygen atoms in total. The highest BCUT2D eigenvalue weighted by Gasteiger charge is 2.11. The molecule has 0 saturated heterocycles. The minimum absolute atomic E-state index is 0.00633. The van der Waals surface area contributed by atoms with Crippen LogP contribution in [0, 0.1) is 10.1 Å². The smallest absolute Gasteiger partial charge is 0.310 e. The van der Waals surface area contributed by atoms with Gasteiger partial charge in [-0.2, -0.15) is 0 Å². The molecule has 0 fully saturated rings. The molecule has 1 N–H and O–H groups in total. The summed E-state index contributed by atoms with van der Waals surface area (Å²) in [6.07, 6.45) is -0.481. The van der Waals surface area contributed by atoms with Crippen LogP contribution in [-0.4, -0.2) is 29.6 Å². The number of rotatable bonds is 7. The second kappa shape index (κ2) is 7.83. The van der Waals surface area contributed by atoms with Gasteiger partial charge in [0.1, 0.15) is 11.9 Å². The monoisotopic (exact) mass is 296 g/mol. The Morgan fingerprint density at radius 2 is 1.95 bits per heavy atom. The van der Waals surface area contributed by atoms with Gasteiger partial charge < -0.3 is 14.9 Å². The van der Waals surface area contributed by atoms with Crippen LogP contribution in [0.25, 0.3) is 0 Å². The first-order valence-corrected chi connectivity index (χ1v) is 6.32. The Labute approximate surface area is 121 Å². The summed E-state index contributed by atoms with van der Waals surface area (Å²) in [7, 11) is 0. The normalized spacial score (nSPS) is 11.3. The van der Waals surface area contributed by atoms with Crippen LogP contribution in [-0.2, 0) is 9.63 Å². The van der Waals surface area contributed by atoms with Crippen molar-refractivity contribution in [2.24, 2.45) is 0 Å². The van der Waals surface area contributed by atoms with Crippen molar-refractivity contribution < 1.29 is 24.3 Å². The number of esters is 1. The predicted molar refractivity (Wildman–Crippen MR) is 72.2 cm³/mol. The van der Waals surface area contributed by atoms with Crippen molar-refractivity contribution in [3.8, 4) is 5.75 Å². The molecule has 21 heavy (non-hydrogen) atoms. The van der Waals surface area contributed by atoms with Gasteiger partial charge in [0, 0.05) is 18.5 Å². The Hall–Kier alpha value is -2.64. The van der Waals surface area contributed by atoms with Crippen molar-refractivity contribution in [1.82, 2.24) is 5.32 Å². The number of nitrogens with zero attached hydrogens (tertiary/aromatic N) is 1. The molecule has 0 saturated carbocycles. The summed E-state index contributed by atoms with van der Waals surface area (Å²) < 4.78 is 4.97. The summed E-state index contributed by atoms with van der Waals surface area (Å²) >= 11 is 0. The van der Waals surface area contributed by atoms with Crippen molar-refractivity contribution in [3.63, 3.8) is 0 Å². The van der Waals surface area contributed by atoms with Gasteiger partial charge in [0.15, 0.2) is 0 Å². The van der Waals surface area contributed by atoms with E-state index in [1.54, 1.807) is 6.92 Å². The topological polar surface area (TPSA) is 108 Å². The second-order valence-corrected chi connectivity index (χ2v) is 4.20. The first-order chi connectivity index (χ1) is 9.92. The molecule has 1 rings (SSSR count). The van der Waals surface area contributed by atoms with Gasteiger partial charge in [-0.3, -0.25) is 9.59 Å². The Bertz CT molecular complexity index is 514. The lowest BCUT2D eigenvalue weighted by molar-refractivity contribution is -0.767. The first kappa shape index (κ1) is 16.4. The number of amides is 1. The molecule has 0 bridgehead atoms. The Morgan fingerprint density at radius 1 is 1.33 bits per heavy atom. The van der Waals surface area contributed by atoms with Gasteiger partial charge in [-0.25, -0.2) is 0 Å². The number of benzene rings is 1. The highest BCUT2D eigenvalue weighted by molar-refractivity contribution is 5.94. The molecule has 114 valence electrons. The fraction of sp³-hybridized carbons (Fsp3) is 0.385. The van der Waals surface area contributed by atoms with Crippen LogP contribution in [0.5, 0.6) is 5.75 Å². The summed E-state index contributed by atoms with van der Waals surface area (Å²) in [6, 6.07) is 5.98. The van der Waals surface area contributed by atoms with Crippen LogP contribution in [0.1, 0.15) is 30.6 Å². The van der Waals surface area contributed by atoms with Gasteiger partial charge in [0.2, 0.25) is 0 Å². The molecular weight excluding hydrogens is 280 g/mol. The van der Waals surface area contributed by atoms with Gasteiger partial charge in [0.25, 0.3) is 11.0 Å². The number of carbonyl (C=O) groups excluding carboxylic acids is 2. The highest BCUT2D eigenvalue weighted by atomic mass is 17.0. The number of hydrogen-bond donors (Lipinski definition) is 1. The fourth-order valence-corrected chi connectivity index (χ4v) is 1.40. The van der Waals surface area contributed by atoms with Crippen molar-refractivity contribution in [2.75, 3.05) is 6.54 Å². The zero-order valence-corrected chi connectivity index (χ0v) is 11.7. The molecule has 1 amide bonds. The van der Waals surface area contributed by atoms with Crippen LogP contribution in [0.2, 0.25) is 0 Å². The van der Waals surface area contributed by atoms with E-state index in [4.69, 9.17) is 4.74 Å². The summed E-state index contributed by atoms with van der Waals surface area (Å²) in [6.45, 7) is 3.15. The SMILES string of the molecule is CCC(=O)Oc1ccc(C(=O)NCC(C)O[N+](=O)[O-])cc1. The molecule has 0 spiro atoms. The Balaban J connectivity index is 2.51. The molecule has 0 aliphatic rings. The maximum absolute atomic E-state index is 11.8. The summed E-state index contributed by atoms with van der Waals surface area (Å²) in [5.74, 6) is -0.413. The van der Waals surface area contributed by atoms with Gasteiger partial charge in [-0.1, -0.05) is 6.92 Å². The van der Waals surface area contributed by atoms with Crippen molar-refractivity contribution in [3.05, 3.63) is 39.9 Å². The van der Waals surface area contributed by atoms with Crippen LogP contribution >= 0.6 is 0 Å². The third kappa shape index (κ3) is 5.89. The molecule has 1 aromatic carbocycles. The number of ether oxygens (including phenoxy) is 1. The zero-order chi connectivity index (χ0) is 15.8. The third-order valence-electron chi connectivity index (χ3n) is 2.45. The van der Waals surface area contributed by atoms with E-state index in [2.05, 4.69) is 10.2 Å². The highest BCUT2D eigenvalue weighted by Crippen LogP contribution is 2.12. The molecule has 0 aromatic heterocycles. The number of hydrogen-bond acceptors (Lipinski definition) is 6. The molecule has 0 radical (unpaired) electrons. The molecule has 1 unspecified atom stereocenters. The average molecular weight is 296 g/mol. The van der Waals surface area contributed by atoms with Gasteiger partial charge in [-0.15, -0.1) is 10.1 Å². The van der Waals surface area contributed by atoms with E-state index in [-0.39, 0.29) is 18.9 Å². The predicted octanol–water partition coefficient (Wildman–Crippen LogP) is 1.33. The minimum atomic E-state index is -0.909. The Kier molecular flexibility index (Phi) is 6.12. The lowest BCUT2D eigenvalue weighted by atomic mass is 10.2. The summed E-state index contributed by atoms with van der Waals surface area (Å²) in [5.41, 5.74) is 0.347. The van der Waals surface area contributed by atoms with Gasteiger partial charge >= 0.3 is 5.97 Å². The minimum Gasteiger partial charge on any atom is -0.427 e. The van der Waals surface area contributed by atoms with E-state index in [9.17, 15) is 19.7 Å². The van der Waals surface area contributed by atoms with Crippen LogP contribution in [0.4, 0.5) is 0 Å². The molecule has 0 heterocycles. The largest absolute Gasteiger partial charge is 0.427 e. The molecule has 0 aliphatic carbocycles. The van der Waals surface area contributed by atoms with E-state index in [1.165, 1.54) is 31.2 Å². The summed E-state index contributed by atoms with van der Waals surface area (Å²) in [5, 5.41) is 11.7. The number of nitrogens with one attached hydrogen (secondary N) is 1. The van der Waals surface area contributed by atoms with E-state index in [0.717, 1.165) is 0 Å². The van der Waals surface area contributed by atoms with Crippen molar-refractivity contribution in [2.45, 2.75) is 26.4 Å². The van der Waals surface area contributed by atoms with E-state index >= 15 is 0 Å². The summed E-state index contributed by atoms with van der Waals surface area (Å²) in [4.78, 5) is 37.2. The van der Waals surface area contributed by atoms with E-state index < -0.39 is 17.1 Å². The van der Waals surface area contributed by atoms with E-state index in [1.807, 2.05) is 0 Å². The molecule has 0 aliphatic heterocycles. The van der Waals surface area contributed by atoms with Gasteiger partial charge in [-0.05, 0) is 31.2 Å². The van der Waals surface area contributed by atoms with Crippen LogP contribution in [0.15, 0.2) is 24.3 Å². The van der Waals surface area contributed by atoms with Crippen LogP contribution in [0.3, 0.4) is 0 Å². The number of carbonyl (C=O) groups is 2. The molecular formula is C13H16N2O6.